The van der Waals surface area contributed by atoms with Crippen molar-refractivity contribution in [3.8, 4) is 5.69 Å². The quantitative estimate of drug-likeness (QED) is 0.817. The van der Waals surface area contributed by atoms with Crippen LogP contribution in [0.25, 0.3) is 5.69 Å². The Kier molecular flexibility index (Phi) is 5.54. The van der Waals surface area contributed by atoms with Crippen LogP contribution in [0.3, 0.4) is 0 Å². The summed E-state index contributed by atoms with van der Waals surface area (Å²) in [4.78, 5) is 27.3. The predicted octanol–water partition coefficient (Wildman–Crippen LogP) is 1.59. The SMILES string of the molecule is CCNC(=O)NC(=O)C(C)Sc1ncn(-c2ccccc2)n1. The van der Waals surface area contributed by atoms with Crippen molar-refractivity contribution < 1.29 is 9.59 Å². The van der Waals surface area contributed by atoms with E-state index in [1.165, 1.54) is 11.8 Å². The van der Waals surface area contributed by atoms with Gasteiger partial charge < -0.3 is 5.32 Å². The third-order valence-electron chi connectivity index (χ3n) is 2.72. The zero-order chi connectivity index (χ0) is 15.9. The third-order valence-corrected chi connectivity index (χ3v) is 3.68. The first-order valence-electron chi connectivity index (χ1n) is 6.82. The number of benzene rings is 1. The molecule has 0 aliphatic rings. The van der Waals surface area contributed by atoms with E-state index in [-0.39, 0.29) is 5.91 Å². The molecule has 1 aromatic heterocycles. The van der Waals surface area contributed by atoms with Crippen LogP contribution in [0.15, 0.2) is 41.8 Å². The number of amides is 3. The molecular weight excluding hydrogens is 302 g/mol. The molecule has 0 radical (unpaired) electrons. The summed E-state index contributed by atoms with van der Waals surface area (Å²) in [6, 6.07) is 9.06. The van der Waals surface area contributed by atoms with Crippen LogP contribution in [0, 0.1) is 0 Å². The van der Waals surface area contributed by atoms with Crippen molar-refractivity contribution in [3.05, 3.63) is 36.7 Å². The van der Waals surface area contributed by atoms with Crippen molar-refractivity contribution in [2.45, 2.75) is 24.3 Å². The van der Waals surface area contributed by atoms with Gasteiger partial charge >= 0.3 is 6.03 Å². The number of hydrogen-bond acceptors (Lipinski definition) is 5. The topological polar surface area (TPSA) is 88.9 Å². The minimum absolute atomic E-state index is 0.382. The summed E-state index contributed by atoms with van der Waals surface area (Å²) in [6.45, 7) is 3.94. The molecule has 116 valence electrons. The van der Waals surface area contributed by atoms with E-state index >= 15 is 0 Å². The van der Waals surface area contributed by atoms with Crippen LogP contribution in [0.2, 0.25) is 0 Å². The Labute approximate surface area is 132 Å². The molecule has 0 saturated heterocycles. The maximum atomic E-state index is 11.9. The normalized spacial score (nSPS) is 11.7. The van der Waals surface area contributed by atoms with E-state index in [2.05, 4.69) is 20.7 Å². The average molecular weight is 319 g/mol. The van der Waals surface area contributed by atoms with Gasteiger partial charge in [-0.1, -0.05) is 30.0 Å². The van der Waals surface area contributed by atoms with Gasteiger partial charge in [-0.3, -0.25) is 10.1 Å². The van der Waals surface area contributed by atoms with Crippen molar-refractivity contribution in [3.63, 3.8) is 0 Å². The van der Waals surface area contributed by atoms with Crippen molar-refractivity contribution in [1.82, 2.24) is 25.4 Å². The number of carbonyl (C=O) groups is 2. The molecule has 3 amide bonds. The lowest BCUT2D eigenvalue weighted by Crippen LogP contribution is -2.42. The molecule has 0 bridgehead atoms. The second-order valence-electron chi connectivity index (χ2n) is 4.42. The molecule has 1 aromatic carbocycles. The van der Waals surface area contributed by atoms with Crippen LogP contribution >= 0.6 is 11.8 Å². The summed E-state index contributed by atoms with van der Waals surface area (Å²) in [5.41, 5.74) is 0.890. The van der Waals surface area contributed by atoms with Crippen molar-refractivity contribution >= 4 is 23.7 Å². The Hall–Kier alpha value is -2.35. The predicted molar refractivity (Wildman–Crippen MR) is 83.9 cm³/mol. The van der Waals surface area contributed by atoms with E-state index in [4.69, 9.17) is 0 Å². The number of nitrogens with zero attached hydrogens (tertiary/aromatic N) is 3. The number of imide groups is 1. The fraction of sp³-hybridized carbons (Fsp3) is 0.286. The molecule has 22 heavy (non-hydrogen) atoms. The zero-order valence-corrected chi connectivity index (χ0v) is 13.1. The zero-order valence-electron chi connectivity index (χ0n) is 12.3. The van der Waals surface area contributed by atoms with E-state index in [0.29, 0.717) is 11.7 Å². The first-order valence-corrected chi connectivity index (χ1v) is 7.70. The van der Waals surface area contributed by atoms with Gasteiger partial charge in [0, 0.05) is 6.54 Å². The Bertz CT molecular complexity index is 644. The summed E-state index contributed by atoms with van der Waals surface area (Å²) in [7, 11) is 0. The molecule has 0 fully saturated rings. The molecule has 0 spiro atoms. The number of aromatic nitrogens is 3. The lowest BCUT2D eigenvalue weighted by atomic mass is 10.3. The van der Waals surface area contributed by atoms with Gasteiger partial charge in [-0.05, 0) is 26.0 Å². The van der Waals surface area contributed by atoms with Crippen LogP contribution in [0.4, 0.5) is 4.79 Å². The summed E-state index contributed by atoms with van der Waals surface area (Å²) >= 11 is 1.19. The minimum atomic E-state index is -0.497. The van der Waals surface area contributed by atoms with Crippen LogP contribution in [-0.2, 0) is 4.79 Å². The van der Waals surface area contributed by atoms with E-state index in [0.717, 1.165) is 5.69 Å². The second-order valence-corrected chi connectivity index (χ2v) is 5.72. The molecule has 0 aliphatic heterocycles. The highest BCUT2D eigenvalue weighted by Gasteiger charge is 2.18. The number of thioether (sulfide) groups is 1. The number of para-hydroxylation sites is 1. The van der Waals surface area contributed by atoms with Crippen LogP contribution in [-0.4, -0.2) is 38.5 Å². The maximum absolute atomic E-state index is 11.9. The first kappa shape index (κ1) is 16.0. The molecule has 7 nitrogen and oxygen atoms in total. The lowest BCUT2D eigenvalue weighted by molar-refractivity contribution is -0.119. The molecule has 1 atom stereocenters. The van der Waals surface area contributed by atoms with Gasteiger partial charge in [-0.15, -0.1) is 5.10 Å². The number of rotatable bonds is 5. The Morgan fingerprint density at radius 3 is 2.73 bits per heavy atom. The van der Waals surface area contributed by atoms with Gasteiger partial charge in [-0.25, -0.2) is 14.5 Å². The van der Waals surface area contributed by atoms with Gasteiger partial charge in [0.05, 0.1) is 10.9 Å². The molecule has 8 heteroatoms. The molecule has 2 aromatic rings. The molecule has 2 N–H and O–H groups in total. The Morgan fingerprint density at radius 1 is 1.32 bits per heavy atom. The second kappa shape index (κ2) is 7.60. The van der Waals surface area contributed by atoms with Crippen molar-refractivity contribution in [2.24, 2.45) is 0 Å². The fourth-order valence-corrected chi connectivity index (χ4v) is 2.36. The van der Waals surface area contributed by atoms with Crippen LogP contribution in [0.5, 0.6) is 0 Å². The molecule has 0 aliphatic carbocycles. The van der Waals surface area contributed by atoms with Gasteiger partial charge in [-0.2, -0.15) is 0 Å². The van der Waals surface area contributed by atoms with Crippen molar-refractivity contribution in [1.29, 1.82) is 0 Å². The average Bonchev–Trinajstić information content (AvgIpc) is 2.96. The largest absolute Gasteiger partial charge is 0.338 e. The molecule has 0 saturated carbocycles. The van der Waals surface area contributed by atoms with E-state index in [9.17, 15) is 9.59 Å². The van der Waals surface area contributed by atoms with Crippen molar-refractivity contribution in [2.75, 3.05) is 6.54 Å². The fourth-order valence-electron chi connectivity index (χ4n) is 1.64. The van der Waals surface area contributed by atoms with E-state index in [1.807, 2.05) is 30.3 Å². The highest BCUT2D eigenvalue weighted by atomic mass is 32.2. The molecule has 2 rings (SSSR count). The van der Waals surface area contributed by atoms with E-state index < -0.39 is 11.3 Å². The standard InChI is InChI=1S/C14H17N5O2S/c1-3-15-13(21)17-12(20)10(2)22-14-16-9-19(18-14)11-7-5-4-6-8-11/h4-10H,3H2,1-2H3,(H2,15,17,20,21). The summed E-state index contributed by atoms with van der Waals surface area (Å²) < 4.78 is 1.64. The number of nitrogens with one attached hydrogen (secondary N) is 2. The highest BCUT2D eigenvalue weighted by molar-refractivity contribution is 8.00. The molecule has 1 unspecified atom stereocenters. The van der Waals surface area contributed by atoms with Gasteiger partial charge in [0.25, 0.3) is 0 Å². The number of hydrogen-bond donors (Lipinski definition) is 2. The first-order chi connectivity index (χ1) is 10.6. The van der Waals surface area contributed by atoms with Gasteiger partial charge in [0.15, 0.2) is 0 Å². The summed E-state index contributed by atoms with van der Waals surface area (Å²) in [6.07, 6.45) is 1.59. The smallest absolute Gasteiger partial charge is 0.321 e. The lowest BCUT2D eigenvalue weighted by Gasteiger charge is -2.09. The molecule has 1 heterocycles. The Balaban J connectivity index is 1.95. The monoisotopic (exact) mass is 319 g/mol. The van der Waals surface area contributed by atoms with Gasteiger partial charge in [0.1, 0.15) is 6.33 Å². The summed E-state index contributed by atoms with van der Waals surface area (Å²) in [5.74, 6) is -0.382. The maximum Gasteiger partial charge on any atom is 0.321 e. The molecular formula is C14H17N5O2S. The minimum Gasteiger partial charge on any atom is -0.338 e. The third kappa shape index (κ3) is 4.32. The number of urea groups is 1. The van der Waals surface area contributed by atoms with E-state index in [1.54, 1.807) is 24.9 Å². The van der Waals surface area contributed by atoms with Crippen LogP contribution < -0.4 is 10.6 Å². The van der Waals surface area contributed by atoms with Gasteiger partial charge in [0.2, 0.25) is 11.1 Å². The Morgan fingerprint density at radius 2 is 2.05 bits per heavy atom. The number of carbonyl (C=O) groups excluding carboxylic acids is 2. The van der Waals surface area contributed by atoms with Crippen LogP contribution in [0.1, 0.15) is 13.8 Å². The highest BCUT2D eigenvalue weighted by Crippen LogP contribution is 2.19. The summed E-state index contributed by atoms with van der Waals surface area (Å²) in [5, 5.41) is 9.08.